The quantitative estimate of drug-likeness (QED) is 0.356. The van der Waals surface area contributed by atoms with Crippen LogP contribution in [0.3, 0.4) is 0 Å². The van der Waals surface area contributed by atoms with Crippen LogP contribution in [0.25, 0.3) is 0 Å². The Morgan fingerprint density at radius 3 is 2.43 bits per heavy atom. The van der Waals surface area contributed by atoms with Crippen molar-refractivity contribution in [3.8, 4) is 5.75 Å². The first-order valence-electron chi connectivity index (χ1n) is 7.12. The molecule has 0 aliphatic carbocycles. The number of carboxylic acids is 1. The number of aromatic hydroxyl groups is 1. The summed E-state index contributed by atoms with van der Waals surface area (Å²) in [7, 11) is 0. The number of hydrazone groups is 1. The number of hydrogen-bond donors (Lipinski definition) is 3. The minimum atomic E-state index is -0.804. The standard InChI is InChI=1S/C15H18Cl2N2O4/c16-11-7-10(15(23)12(17)8-11)9-18-19-13(20)5-3-1-2-4-6-14(21)22/h7-9,23H,1-6H2,(H,19,20)(H,21,22)/b18-9+. The summed E-state index contributed by atoms with van der Waals surface area (Å²) in [6.07, 6.45) is 4.55. The van der Waals surface area contributed by atoms with Crippen LogP contribution in [0.5, 0.6) is 5.75 Å². The highest BCUT2D eigenvalue weighted by Crippen LogP contribution is 2.29. The first-order chi connectivity index (χ1) is 10.9. The van der Waals surface area contributed by atoms with Crippen LogP contribution in [0.2, 0.25) is 10.0 Å². The molecular weight excluding hydrogens is 343 g/mol. The molecule has 126 valence electrons. The number of carbonyl (C=O) groups excluding carboxylic acids is 1. The third-order valence-electron chi connectivity index (χ3n) is 3.00. The molecule has 1 aromatic rings. The number of carboxylic acid groups (broad SMARTS) is 1. The molecule has 0 radical (unpaired) electrons. The predicted molar refractivity (Wildman–Crippen MR) is 89.2 cm³/mol. The highest BCUT2D eigenvalue weighted by Gasteiger charge is 2.06. The van der Waals surface area contributed by atoms with E-state index in [1.165, 1.54) is 18.3 Å². The molecule has 0 aromatic heterocycles. The molecule has 0 aliphatic rings. The van der Waals surface area contributed by atoms with Crippen LogP contribution in [0, 0.1) is 0 Å². The molecule has 0 atom stereocenters. The van der Waals surface area contributed by atoms with Gasteiger partial charge in [-0.05, 0) is 25.0 Å². The van der Waals surface area contributed by atoms with Crippen molar-refractivity contribution in [1.82, 2.24) is 5.43 Å². The second-order valence-corrected chi connectivity index (χ2v) is 5.77. The number of phenols is 1. The number of unbranched alkanes of at least 4 members (excludes halogenated alkanes) is 3. The summed E-state index contributed by atoms with van der Waals surface area (Å²) in [5, 5.41) is 22.4. The Bertz CT molecular complexity index is 591. The van der Waals surface area contributed by atoms with Gasteiger partial charge in [0.25, 0.3) is 0 Å². The molecule has 8 heteroatoms. The summed E-state index contributed by atoms with van der Waals surface area (Å²) in [5.41, 5.74) is 2.65. The fourth-order valence-electron chi connectivity index (χ4n) is 1.83. The van der Waals surface area contributed by atoms with Crippen molar-refractivity contribution in [3.05, 3.63) is 27.7 Å². The van der Waals surface area contributed by atoms with Gasteiger partial charge in [-0.1, -0.05) is 36.0 Å². The molecule has 0 heterocycles. The fourth-order valence-corrected chi connectivity index (χ4v) is 2.34. The number of phenolic OH excluding ortho intramolecular Hbond substituents is 1. The Morgan fingerprint density at radius 2 is 1.78 bits per heavy atom. The monoisotopic (exact) mass is 360 g/mol. The van der Waals surface area contributed by atoms with Crippen molar-refractivity contribution < 1.29 is 19.8 Å². The summed E-state index contributed by atoms with van der Waals surface area (Å²) in [4.78, 5) is 21.9. The van der Waals surface area contributed by atoms with E-state index in [9.17, 15) is 14.7 Å². The molecule has 1 aromatic carbocycles. The summed E-state index contributed by atoms with van der Waals surface area (Å²) < 4.78 is 0. The number of amides is 1. The average molecular weight is 361 g/mol. The summed E-state index contributed by atoms with van der Waals surface area (Å²) in [6, 6.07) is 2.87. The molecule has 0 saturated carbocycles. The smallest absolute Gasteiger partial charge is 0.303 e. The van der Waals surface area contributed by atoms with Crippen LogP contribution in [0.15, 0.2) is 17.2 Å². The van der Waals surface area contributed by atoms with E-state index in [1.54, 1.807) is 0 Å². The average Bonchev–Trinajstić information content (AvgIpc) is 2.47. The summed E-state index contributed by atoms with van der Waals surface area (Å²) >= 11 is 11.6. The van der Waals surface area contributed by atoms with Crippen LogP contribution in [0.1, 0.15) is 44.1 Å². The highest BCUT2D eigenvalue weighted by molar-refractivity contribution is 6.36. The minimum absolute atomic E-state index is 0.103. The summed E-state index contributed by atoms with van der Waals surface area (Å²) in [6.45, 7) is 0. The van der Waals surface area contributed by atoms with E-state index in [4.69, 9.17) is 28.3 Å². The Labute approximate surface area is 144 Å². The molecule has 0 saturated heterocycles. The van der Waals surface area contributed by atoms with Crippen LogP contribution in [-0.2, 0) is 9.59 Å². The first kappa shape index (κ1) is 19.3. The van der Waals surface area contributed by atoms with Gasteiger partial charge in [0.05, 0.1) is 11.2 Å². The van der Waals surface area contributed by atoms with Crippen molar-refractivity contribution in [2.24, 2.45) is 5.10 Å². The molecule has 0 spiro atoms. The lowest BCUT2D eigenvalue weighted by molar-refractivity contribution is -0.137. The van der Waals surface area contributed by atoms with Crippen molar-refractivity contribution in [3.63, 3.8) is 0 Å². The fraction of sp³-hybridized carbons (Fsp3) is 0.400. The normalized spacial score (nSPS) is 10.9. The molecule has 23 heavy (non-hydrogen) atoms. The van der Waals surface area contributed by atoms with Gasteiger partial charge in [-0.25, -0.2) is 5.43 Å². The maximum Gasteiger partial charge on any atom is 0.303 e. The molecule has 0 bridgehead atoms. The van der Waals surface area contributed by atoms with Gasteiger partial charge in [-0.3, -0.25) is 9.59 Å². The van der Waals surface area contributed by atoms with Crippen LogP contribution in [0.4, 0.5) is 0 Å². The third kappa shape index (κ3) is 7.85. The zero-order valence-electron chi connectivity index (χ0n) is 12.4. The number of rotatable bonds is 9. The molecule has 0 aliphatic heterocycles. The molecule has 3 N–H and O–H groups in total. The number of carbonyl (C=O) groups is 2. The van der Waals surface area contributed by atoms with Gasteiger partial charge in [0.15, 0.2) is 0 Å². The Balaban J connectivity index is 2.29. The van der Waals surface area contributed by atoms with Gasteiger partial charge in [0.1, 0.15) is 5.75 Å². The zero-order valence-corrected chi connectivity index (χ0v) is 13.9. The van der Waals surface area contributed by atoms with E-state index in [-0.39, 0.29) is 23.1 Å². The Kier molecular flexibility index (Phi) is 8.43. The van der Waals surface area contributed by atoms with Crippen molar-refractivity contribution in [2.45, 2.75) is 38.5 Å². The molecule has 1 amide bonds. The van der Waals surface area contributed by atoms with Gasteiger partial charge in [0, 0.05) is 23.4 Å². The first-order valence-corrected chi connectivity index (χ1v) is 7.87. The van der Waals surface area contributed by atoms with E-state index in [0.717, 1.165) is 12.8 Å². The lowest BCUT2D eigenvalue weighted by Gasteiger charge is -2.03. The van der Waals surface area contributed by atoms with E-state index >= 15 is 0 Å². The van der Waals surface area contributed by atoms with Gasteiger partial charge < -0.3 is 10.2 Å². The van der Waals surface area contributed by atoms with Crippen molar-refractivity contribution in [1.29, 1.82) is 0 Å². The van der Waals surface area contributed by atoms with Crippen LogP contribution >= 0.6 is 23.2 Å². The Morgan fingerprint density at radius 1 is 1.13 bits per heavy atom. The third-order valence-corrected chi connectivity index (χ3v) is 3.50. The highest BCUT2D eigenvalue weighted by atomic mass is 35.5. The topological polar surface area (TPSA) is 99.0 Å². The number of benzene rings is 1. The second kappa shape index (κ2) is 10.1. The van der Waals surface area contributed by atoms with Crippen LogP contribution < -0.4 is 5.43 Å². The number of hydrogen-bond acceptors (Lipinski definition) is 4. The zero-order chi connectivity index (χ0) is 17.2. The van der Waals surface area contributed by atoms with Crippen molar-refractivity contribution in [2.75, 3.05) is 0 Å². The molecule has 0 fully saturated rings. The number of halogens is 2. The van der Waals surface area contributed by atoms with Crippen LogP contribution in [-0.4, -0.2) is 28.3 Å². The SMILES string of the molecule is O=C(O)CCCCCCC(=O)N/N=C/c1cc(Cl)cc(Cl)c1O. The van der Waals surface area contributed by atoms with E-state index in [1.807, 2.05) is 0 Å². The molecular formula is C15H18Cl2N2O4. The van der Waals surface area contributed by atoms with Gasteiger partial charge in [0.2, 0.25) is 5.91 Å². The maximum atomic E-state index is 11.6. The molecule has 6 nitrogen and oxygen atoms in total. The van der Waals surface area contributed by atoms with Gasteiger partial charge >= 0.3 is 5.97 Å². The second-order valence-electron chi connectivity index (χ2n) is 4.93. The molecule has 1 rings (SSSR count). The van der Waals surface area contributed by atoms with Crippen molar-refractivity contribution >= 4 is 41.3 Å². The van der Waals surface area contributed by atoms with Gasteiger partial charge in [-0.15, -0.1) is 0 Å². The maximum absolute atomic E-state index is 11.6. The van der Waals surface area contributed by atoms with E-state index in [2.05, 4.69) is 10.5 Å². The Hall–Kier alpha value is -1.79. The van der Waals surface area contributed by atoms with E-state index < -0.39 is 5.97 Å². The lowest BCUT2D eigenvalue weighted by atomic mass is 10.1. The number of nitrogens with one attached hydrogen (secondary N) is 1. The minimum Gasteiger partial charge on any atom is -0.506 e. The largest absolute Gasteiger partial charge is 0.506 e. The number of aliphatic carboxylic acids is 1. The van der Waals surface area contributed by atoms with Gasteiger partial charge in [-0.2, -0.15) is 5.10 Å². The molecule has 0 unspecified atom stereocenters. The summed E-state index contributed by atoms with van der Waals surface area (Å²) in [5.74, 6) is -1.22. The lowest BCUT2D eigenvalue weighted by Crippen LogP contribution is -2.16. The number of nitrogens with zero attached hydrogens (tertiary/aromatic N) is 1. The predicted octanol–water partition coefficient (Wildman–Crippen LogP) is 3.57. The van der Waals surface area contributed by atoms with E-state index in [0.29, 0.717) is 29.8 Å².